The Hall–Kier alpha value is -2.82. The van der Waals surface area contributed by atoms with Gasteiger partial charge in [-0.25, -0.2) is 4.79 Å². The lowest BCUT2D eigenvalue weighted by molar-refractivity contribution is -0.117. The number of anilines is 2. The number of urea groups is 1. The predicted octanol–water partition coefficient (Wildman–Crippen LogP) is 3.74. The summed E-state index contributed by atoms with van der Waals surface area (Å²) < 4.78 is 0. The van der Waals surface area contributed by atoms with Crippen molar-refractivity contribution in [2.75, 3.05) is 23.3 Å². The lowest BCUT2D eigenvalue weighted by atomic mass is 9.93. The number of hydrogen-bond acceptors (Lipinski definition) is 2. The average Bonchev–Trinajstić information content (AvgIpc) is 3.07. The van der Waals surface area contributed by atoms with Crippen LogP contribution in [-0.2, 0) is 4.79 Å². The molecule has 5 nitrogen and oxygen atoms in total. The summed E-state index contributed by atoms with van der Waals surface area (Å²) in [5.41, 5.74) is 2.61. The highest BCUT2D eigenvalue weighted by atomic mass is 16.2. The Kier molecular flexibility index (Phi) is 5.33. The van der Waals surface area contributed by atoms with Crippen molar-refractivity contribution in [3.8, 4) is 0 Å². The topological polar surface area (TPSA) is 61.4 Å². The predicted molar refractivity (Wildman–Crippen MR) is 99.9 cm³/mol. The summed E-state index contributed by atoms with van der Waals surface area (Å²) in [6.07, 6.45) is 1.75. The molecule has 0 aliphatic carbocycles. The fourth-order valence-corrected chi connectivity index (χ4v) is 3.10. The molecule has 1 atom stereocenters. The molecule has 3 amide bonds. The van der Waals surface area contributed by atoms with Crippen molar-refractivity contribution in [2.45, 2.75) is 25.7 Å². The molecule has 3 rings (SSSR count). The van der Waals surface area contributed by atoms with E-state index in [9.17, 15) is 9.59 Å². The molecule has 0 bridgehead atoms. The molecule has 1 unspecified atom stereocenters. The third-order valence-electron chi connectivity index (χ3n) is 4.40. The van der Waals surface area contributed by atoms with Crippen molar-refractivity contribution in [1.82, 2.24) is 5.32 Å². The Morgan fingerprint density at radius 2 is 1.88 bits per heavy atom. The van der Waals surface area contributed by atoms with Gasteiger partial charge in [0.15, 0.2) is 0 Å². The zero-order valence-electron chi connectivity index (χ0n) is 14.4. The number of benzene rings is 2. The Balaban J connectivity index is 1.70. The second kappa shape index (κ2) is 7.83. The monoisotopic (exact) mass is 337 g/mol. The van der Waals surface area contributed by atoms with E-state index in [2.05, 4.69) is 17.6 Å². The van der Waals surface area contributed by atoms with E-state index < -0.39 is 0 Å². The molecule has 0 radical (unpaired) electrons. The van der Waals surface area contributed by atoms with Gasteiger partial charge in [0.05, 0.1) is 5.92 Å². The molecule has 2 aromatic carbocycles. The fraction of sp³-hybridized carbons (Fsp3) is 0.300. The summed E-state index contributed by atoms with van der Waals surface area (Å²) in [6.45, 7) is 3.41. The van der Waals surface area contributed by atoms with E-state index in [1.165, 1.54) is 0 Å². The van der Waals surface area contributed by atoms with Gasteiger partial charge in [-0.05, 0) is 36.2 Å². The molecule has 1 saturated heterocycles. The molecule has 5 heteroatoms. The third-order valence-corrected chi connectivity index (χ3v) is 4.40. The zero-order valence-corrected chi connectivity index (χ0v) is 14.4. The molecular weight excluding hydrogens is 314 g/mol. The number of rotatable bonds is 6. The summed E-state index contributed by atoms with van der Waals surface area (Å²) in [6, 6.07) is 17.2. The maximum absolute atomic E-state index is 12.7. The number of nitrogens with one attached hydrogen (secondary N) is 2. The van der Waals surface area contributed by atoms with Crippen LogP contribution in [0.25, 0.3) is 0 Å². The van der Waals surface area contributed by atoms with Gasteiger partial charge in [-0.15, -0.1) is 0 Å². The molecule has 2 aromatic rings. The van der Waals surface area contributed by atoms with Crippen LogP contribution in [0.5, 0.6) is 0 Å². The molecule has 1 aliphatic heterocycles. The van der Waals surface area contributed by atoms with Gasteiger partial charge in [-0.1, -0.05) is 43.7 Å². The Labute approximate surface area is 148 Å². The molecule has 0 saturated carbocycles. The van der Waals surface area contributed by atoms with Crippen LogP contribution in [0.15, 0.2) is 54.6 Å². The standard InChI is InChI=1S/C20H23N3O2/c1-2-6-18(15-7-4-3-5-8-15)19(24)22-16-9-11-17(12-10-16)23-14-13-21-20(23)25/h3-5,7-12,18H,2,6,13-14H2,1H3,(H,21,25)(H,22,24). The summed E-state index contributed by atoms with van der Waals surface area (Å²) in [5, 5.41) is 5.78. The lowest BCUT2D eigenvalue weighted by Crippen LogP contribution is -2.27. The highest BCUT2D eigenvalue weighted by molar-refractivity contribution is 5.97. The molecule has 130 valence electrons. The van der Waals surface area contributed by atoms with Crippen LogP contribution < -0.4 is 15.5 Å². The summed E-state index contributed by atoms with van der Waals surface area (Å²) >= 11 is 0. The molecule has 1 heterocycles. The van der Waals surface area contributed by atoms with E-state index in [0.717, 1.165) is 29.8 Å². The second-order valence-electron chi connectivity index (χ2n) is 6.17. The fourth-order valence-electron chi connectivity index (χ4n) is 3.10. The van der Waals surface area contributed by atoms with Crippen LogP contribution in [0, 0.1) is 0 Å². The molecule has 1 aliphatic rings. The molecule has 0 spiro atoms. The van der Waals surface area contributed by atoms with Crippen molar-refractivity contribution in [2.24, 2.45) is 0 Å². The van der Waals surface area contributed by atoms with Gasteiger partial charge in [-0.2, -0.15) is 0 Å². The van der Waals surface area contributed by atoms with Gasteiger partial charge >= 0.3 is 6.03 Å². The first-order valence-electron chi connectivity index (χ1n) is 8.70. The van der Waals surface area contributed by atoms with Gasteiger partial charge < -0.3 is 10.6 Å². The van der Waals surface area contributed by atoms with Crippen molar-refractivity contribution in [1.29, 1.82) is 0 Å². The van der Waals surface area contributed by atoms with E-state index in [4.69, 9.17) is 0 Å². The van der Waals surface area contributed by atoms with E-state index in [-0.39, 0.29) is 17.9 Å². The van der Waals surface area contributed by atoms with Crippen molar-refractivity contribution in [3.05, 3.63) is 60.2 Å². The summed E-state index contributed by atoms with van der Waals surface area (Å²) in [4.78, 5) is 26.1. The third kappa shape index (κ3) is 3.99. The minimum Gasteiger partial charge on any atom is -0.336 e. The van der Waals surface area contributed by atoms with Crippen LogP contribution in [-0.4, -0.2) is 25.0 Å². The SMILES string of the molecule is CCCC(C(=O)Nc1ccc(N2CCNC2=O)cc1)c1ccccc1. The Morgan fingerprint density at radius 1 is 1.16 bits per heavy atom. The average molecular weight is 337 g/mol. The maximum atomic E-state index is 12.7. The first-order valence-corrected chi connectivity index (χ1v) is 8.70. The van der Waals surface area contributed by atoms with E-state index in [1.807, 2.05) is 54.6 Å². The van der Waals surface area contributed by atoms with Crippen LogP contribution in [0.3, 0.4) is 0 Å². The minimum absolute atomic E-state index is 0.000263. The van der Waals surface area contributed by atoms with Crippen LogP contribution >= 0.6 is 0 Å². The van der Waals surface area contributed by atoms with Crippen LogP contribution in [0.2, 0.25) is 0 Å². The number of hydrogen-bond donors (Lipinski definition) is 2. The number of carbonyl (C=O) groups is 2. The van der Waals surface area contributed by atoms with Crippen LogP contribution in [0.4, 0.5) is 16.2 Å². The van der Waals surface area contributed by atoms with Gasteiger partial charge in [0.2, 0.25) is 5.91 Å². The first-order chi connectivity index (χ1) is 12.2. The largest absolute Gasteiger partial charge is 0.336 e. The second-order valence-corrected chi connectivity index (χ2v) is 6.17. The summed E-state index contributed by atoms with van der Waals surface area (Å²) in [7, 11) is 0. The van der Waals surface area contributed by atoms with E-state index in [1.54, 1.807) is 4.90 Å². The van der Waals surface area contributed by atoms with Crippen molar-refractivity contribution in [3.63, 3.8) is 0 Å². The lowest BCUT2D eigenvalue weighted by Gasteiger charge is -2.18. The van der Waals surface area contributed by atoms with Crippen molar-refractivity contribution >= 4 is 23.3 Å². The highest BCUT2D eigenvalue weighted by Crippen LogP contribution is 2.24. The number of nitrogens with zero attached hydrogens (tertiary/aromatic N) is 1. The zero-order chi connectivity index (χ0) is 17.6. The highest BCUT2D eigenvalue weighted by Gasteiger charge is 2.22. The van der Waals surface area contributed by atoms with Gasteiger partial charge in [0.25, 0.3) is 0 Å². The normalized spacial score (nSPS) is 14.9. The van der Waals surface area contributed by atoms with E-state index in [0.29, 0.717) is 13.1 Å². The summed E-state index contributed by atoms with van der Waals surface area (Å²) in [5.74, 6) is -0.157. The first kappa shape index (κ1) is 17.0. The quantitative estimate of drug-likeness (QED) is 0.843. The molecule has 0 aromatic heterocycles. The minimum atomic E-state index is -0.157. The molecule has 25 heavy (non-hydrogen) atoms. The number of amides is 3. The maximum Gasteiger partial charge on any atom is 0.321 e. The van der Waals surface area contributed by atoms with Gasteiger partial charge in [0.1, 0.15) is 0 Å². The molecule has 1 fully saturated rings. The van der Waals surface area contributed by atoms with E-state index >= 15 is 0 Å². The smallest absolute Gasteiger partial charge is 0.321 e. The number of carbonyl (C=O) groups excluding carboxylic acids is 2. The van der Waals surface area contributed by atoms with Gasteiger partial charge in [0, 0.05) is 24.5 Å². The van der Waals surface area contributed by atoms with Crippen LogP contribution in [0.1, 0.15) is 31.2 Å². The molecular formula is C20H23N3O2. The van der Waals surface area contributed by atoms with Gasteiger partial charge in [-0.3, -0.25) is 9.69 Å². The Morgan fingerprint density at radius 3 is 2.48 bits per heavy atom. The Bertz CT molecular complexity index is 728. The molecule has 2 N–H and O–H groups in total. The van der Waals surface area contributed by atoms with Crippen molar-refractivity contribution < 1.29 is 9.59 Å².